The number of halogens is 1. The van der Waals surface area contributed by atoms with Crippen LogP contribution in [0.3, 0.4) is 0 Å². The van der Waals surface area contributed by atoms with Gasteiger partial charge in [-0.15, -0.1) is 11.3 Å². The number of nitrogens with zero attached hydrogens (tertiary/aromatic N) is 3. The van der Waals surface area contributed by atoms with Crippen molar-refractivity contribution in [3.8, 4) is 11.6 Å². The van der Waals surface area contributed by atoms with E-state index >= 15 is 0 Å². The largest absolute Gasteiger partial charge is 0.332 e. The van der Waals surface area contributed by atoms with E-state index < -0.39 is 0 Å². The van der Waals surface area contributed by atoms with E-state index in [1.54, 1.807) is 11.3 Å². The van der Waals surface area contributed by atoms with Gasteiger partial charge in [-0.2, -0.15) is 4.98 Å². The SMILES string of the molecule is NCCc1nc(-c2nc(Cc3ccc(Cl)cc3)no2)cs1. The minimum atomic E-state index is 0.443. The molecule has 3 aromatic rings. The van der Waals surface area contributed by atoms with Crippen molar-refractivity contribution in [3.63, 3.8) is 0 Å². The van der Waals surface area contributed by atoms with Crippen LogP contribution in [0.4, 0.5) is 0 Å². The average Bonchev–Trinajstić information content (AvgIpc) is 3.11. The molecule has 0 amide bonds. The summed E-state index contributed by atoms with van der Waals surface area (Å²) in [5.41, 5.74) is 7.30. The summed E-state index contributed by atoms with van der Waals surface area (Å²) in [4.78, 5) is 8.80. The van der Waals surface area contributed by atoms with E-state index in [9.17, 15) is 0 Å². The van der Waals surface area contributed by atoms with E-state index in [2.05, 4.69) is 15.1 Å². The van der Waals surface area contributed by atoms with Crippen LogP contribution < -0.4 is 5.73 Å². The Balaban J connectivity index is 1.74. The van der Waals surface area contributed by atoms with Gasteiger partial charge in [0.15, 0.2) is 5.82 Å². The number of aromatic nitrogens is 3. The summed E-state index contributed by atoms with van der Waals surface area (Å²) in [7, 11) is 0. The average molecular weight is 321 g/mol. The van der Waals surface area contributed by atoms with Crippen molar-refractivity contribution in [2.75, 3.05) is 6.54 Å². The lowest BCUT2D eigenvalue weighted by molar-refractivity contribution is 0.423. The molecular weight excluding hydrogens is 308 g/mol. The van der Waals surface area contributed by atoms with Crippen molar-refractivity contribution < 1.29 is 4.52 Å². The first-order chi connectivity index (χ1) is 10.2. The van der Waals surface area contributed by atoms with Crippen molar-refractivity contribution in [2.45, 2.75) is 12.8 Å². The molecule has 3 rings (SSSR count). The molecule has 7 heteroatoms. The molecule has 5 nitrogen and oxygen atoms in total. The summed E-state index contributed by atoms with van der Waals surface area (Å²) in [6.07, 6.45) is 1.36. The molecule has 2 heterocycles. The molecule has 21 heavy (non-hydrogen) atoms. The molecule has 0 saturated heterocycles. The molecule has 0 aliphatic heterocycles. The van der Waals surface area contributed by atoms with Gasteiger partial charge in [0.05, 0.1) is 5.01 Å². The molecular formula is C14H13ClN4OS. The van der Waals surface area contributed by atoms with Gasteiger partial charge in [-0.25, -0.2) is 4.98 Å². The predicted octanol–water partition coefficient (Wildman–Crippen LogP) is 2.94. The van der Waals surface area contributed by atoms with Crippen molar-refractivity contribution >= 4 is 22.9 Å². The van der Waals surface area contributed by atoms with E-state index in [1.807, 2.05) is 29.6 Å². The lowest BCUT2D eigenvalue weighted by Crippen LogP contribution is -2.01. The van der Waals surface area contributed by atoms with E-state index in [0.29, 0.717) is 35.4 Å². The molecule has 0 saturated carbocycles. The van der Waals surface area contributed by atoms with Gasteiger partial charge in [-0.1, -0.05) is 28.9 Å². The third kappa shape index (κ3) is 3.47. The second kappa shape index (κ2) is 6.34. The Labute approximate surface area is 130 Å². The quantitative estimate of drug-likeness (QED) is 0.782. The summed E-state index contributed by atoms with van der Waals surface area (Å²) in [6, 6.07) is 7.58. The summed E-state index contributed by atoms with van der Waals surface area (Å²) < 4.78 is 5.26. The number of hydrogen-bond donors (Lipinski definition) is 1. The van der Waals surface area contributed by atoms with Gasteiger partial charge in [-0.05, 0) is 24.2 Å². The third-order valence-corrected chi connectivity index (χ3v) is 4.03. The van der Waals surface area contributed by atoms with Crippen LogP contribution >= 0.6 is 22.9 Å². The molecule has 0 radical (unpaired) electrons. The smallest absolute Gasteiger partial charge is 0.277 e. The highest BCUT2D eigenvalue weighted by Crippen LogP contribution is 2.21. The second-order valence-corrected chi connectivity index (χ2v) is 5.86. The Kier molecular flexibility index (Phi) is 4.28. The molecule has 1 aromatic carbocycles. The molecule has 2 aromatic heterocycles. The topological polar surface area (TPSA) is 77.8 Å². The first-order valence-corrected chi connectivity index (χ1v) is 7.72. The van der Waals surface area contributed by atoms with Gasteiger partial charge in [0.25, 0.3) is 5.89 Å². The Morgan fingerprint density at radius 1 is 1.19 bits per heavy atom. The van der Waals surface area contributed by atoms with Gasteiger partial charge in [-0.3, -0.25) is 0 Å². The van der Waals surface area contributed by atoms with Gasteiger partial charge < -0.3 is 10.3 Å². The lowest BCUT2D eigenvalue weighted by Gasteiger charge is -1.95. The normalized spacial score (nSPS) is 11.0. The maximum atomic E-state index is 5.86. The fourth-order valence-electron chi connectivity index (χ4n) is 1.86. The fourth-order valence-corrected chi connectivity index (χ4v) is 2.78. The highest BCUT2D eigenvalue weighted by molar-refractivity contribution is 7.09. The highest BCUT2D eigenvalue weighted by Gasteiger charge is 2.12. The number of benzene rings is 1. The maximum Gasteiger partial charge on any atom is 0.277 e. The maximum absolute atomic E-state index is 5.86. The first-order valence-electron chi connectivity index (χ1n) is 6.46. The fraction of sp³-hybridized carbons (Fsp3) is 0.214. The number of thiazole rings is 1. The zero-order chi connectivity index (χ0) is 14.7. The summed E-state index contributed by atoms with van der Waals surface area (Å²) in [6.45, 7) is 0.582. The molecule has 0 bridgehead atoms. The minimum absolute atomic E-state index is 0.443. The van der Waals surface area contributed by atoms with Crippen molar-refractivity contribution in [1.82, 2.24) is 15.1 Å². The number of nitrogens with two attached hydrogens (primary N) is 1. The standard InChI is InChI=1S/C14H13ClN4OS/c15-10-3-1-9(2-4-10)7-12-18-14(20-19-12)11-8-21-13(17-11)5-6-16/h1-4,8H,5-7,16H2. The van der Waals surface area contributed by atoms with E-state index in [4.69, 9.17) is 21.9 Å². The van der Waals surface area contributed by atoms with Crippen LogP contribution in [0.1, 0.15) is 16.4 Å². The second-order valence-electron chi connectivity index (χ2n) is 4.48. The molecule has 0 aliphatic carbocycles. The lowest BCUT2D eigenvalue weighted by atomic mass is 10.1. The Morgan fingerprint density at radius 2 is 2.00 bits per heavy atom. The zero-order valence-corrected chi connectivity index (χ0v) is 12.7. The molecule has 0 fully saturated rings. The third-order valence-electron chi connectivity index (χ3n) is 2.87. The van der Waals surface area contributed by atoms with E-state index in [1.165, 1.54) is 0 Å². The molecule has 2 N–H and O–H groups in total. The summed E-state index contributed by atoms with van der Waals surface area (Å²) in [5, 5.41) is 7.58. The Morgan fingerprint density at radius 3 is 2.76 bits per heavy atom. The van der Waals surface area contributed by atoms with Crippen LogP contribution in [0.15, 0.2) is 34.2 Å². The van der Waals surface area contributed by atoms with Gasteiger partial charge in [0.2, 0.25) is 0 Å². The summed E-state index contributed by atoms with van der Waals surface area (Å²) in [5.74, 6) is 1.07. The van der Waals surface area contributed by atoms with Crippen LogP contribution in [-0.2, 0) is 12.8 Å². The number of hydrogen-bond acceptors (Lipinski definition) is 6. The van der Waals surface area contributed by atoms with Gasteiger partial charge >= 0.3 is 0 Å². The monoisotopic (exact) mass is 320 g/mol. The van der Waals surface area contributed by atoms with Crippen molar-refractivity contribution in [3.05, 3.63) is 51.1 Å². The van der Waals surface area contributed by atoms with E-state index in [0.717, 1.165) is 17.0 Å². The van der Waals surface area contributed by atoms with Crippen molar-refractivity contribution in [2.24, 2.45) is 5.73 Å². The molecule has 0 aliphatic rings. The molecule has 0 spiro atoms. The van der Waals surface area contributed by atoms with Crippen LogP contribution in [0.5, 0.6) is 0 Å². The van der Waals surface area contributed by atoms with E-state index in [-0.39, 0.29) is 0 Å². The van der Waals surface area contributed by atoms with Crippen LogP contribution in [-0.4, -0.2) is 21.7 Å². The molecule has 0 unspecified atom stereocenters. The highest BCUT2D eigenvalue weighted by atomic mass is 35.5. The first kappa shape index (κ1) is 14.2. The molecule has 0 atom stereocenters. The minimum Gasteiger partial charge on any atom is -0.332 e. The van der Waals surface area contributed by atoms with Crippen LogP contribution in [0, 0.1) is 0 Å². The van der Waals surface area contributed by atoms with Gasteiger partial charge in [0, 0.05) is 23.2 Å². The Bertz CT molecular complexity index is 723. The molecule has 108 valence electrons. The van der Waals surface area contributed by atoms with Crippen LogP contribution in [0.2, 0.25) is 5.02 Å². The zero-order valence-electron chi connectivity index (χ0n) is 11.1. The predicted molar refractivity (Wildman–Crippen MR) is 82.4 cm³/mol. The number of rotatable bonds is 5. The van der Waals surface area contributed by atoms with Crippen molar-refractivity contribution in [1.29, 1.82) is 0 Å². The Hall–Kier alpha value is -1.76. The summed E-state index contributed by atoms with van der Waals surface area (Å²) >= 11 is 7.41. The van der Waals surface area contributed by atoms with Gasteiger partial charge in [0.1, 0.15) is 5.69 Å². The van der Waals surface area contributed by atoms with Crippen LogP contribution in [0.25, 0.3) is 11.6 Å².